The summed E-state index contributed by atoms with van der Waals surface area (Å²) in [6.07, 6.45) is 0.0198. The van der Waals surface area contributed by atoms with Crippen LogP contribution < -0.4 is 4.74 Å². The van der Waals surface area contributed by atoms with Crippen molar-refractivity contribution in [3.05, 3.63) is 22.4 Å². The molecular formula is C13H22BrNO2Si. The van der Waals surface area contributed by atoms with Crippen molar-refractivity contribution in [2.45, 2.75) is 40.0 Å². The van der Waals surface area contributed by atoms with Gasteiger partial charge in [-0.3, -0.25) is 0 Å². The van der Waals surface area contributed by atoms with Crippen LogP contribution in [0.25, 0.3) is 0 Å². The van der Waals surface area contributed by atoms with Crippen molar-refractivity contribution in [1.29, 1.82) is 0 Å². The zero-order valence-electron chi connectivity index (χ0n) is 12.0. The number of nitrogens with zero attached hydrogens (tertiary/aromatic N) is 1. The second kappa shape index (κ2) is 6.17. The summed E-state index contributed by atoms with van der Waals surface area (Å²) in [4.78, 5) is 4.55. The fraction of sp³-hybridized carbons (Fsp3) is 0.615. The third-order valence-electron chi connectivity index (χ3n) is 2.52. The summed E-state index contributed by atoms with van der Waals surface area (Å²) in [6.45, 7) is 10.9. The maximum absolute atomic E-state index is 6.14. The number of halogens is 1. The molecule has 0 N–H and O–H groups in total. The third-order valence-corrected chi connectivity index (χ3v) is 3.90. The minimum Gasteiger partial charge on any atom is -0.494 e. The lowest BCUT2D eigenvalue weighted by atomic mass is 9.87. The van der Waals surface area contributed by atoms with E-state index in [0.717, 1.165) is 16.0 Å². The van der Waals surface area contributed by atoms with Gasteiger partial charge in [0.1, 0.15) is 4.60 Å². The van der Waals surface area contributed by atoms with Crippen LogP contribution in [0.4, 0.5) is 0 Å². The number of hydrogen-bond donors (Lipinski definition) is 0. The Bertz CT molecular complexity index is 404. The summed E-state index contributed by atoms with van der Waals surface area (Å²) in [5.41, 5.74) is 0.981. The topological polar surface area (TPSA) is 31.4 Å². The van der Waals surface area contributed by atoms with E-state index in [1.807, 2.05) is 12.1 Å². The van der Waals surface area contributed by atoms with E-state index >= 15 is 0 Å². The van der Waals surface area contributed by atoms with Gasteiger partial charge in [-0.2, -0.15) is 0 Å². The summed E-state index contributed by atoms with van der Waals surface area (Å²) >= 11 is 3.43. The Morgan fingerprint density at radius 3 is 2.28 bits per heavy atom. The van der Waals surface area contributed by atoms with Crippen molar-refractivity contribution >= 4 is 25.0 Å². The highest BCUT2D eigenvalue weighted by Crippen LogP contribution is 2.37. The second-order valence-electron chi connectivity index (χ2n) is 5.66. The lowest BCUT2D eigenvalue weighted by molar-refractivity contribution is 0.0825. The van der Waals surface area contributed by atoms with E-state index in [4.69, 9.17) is 9.16 Å². The molecule has 1 aromatic heterocycles. The molecule has 3 nitrogen and oxygen atoms in total. The Morgan fingerprint density at radius 1 is 1.28 bits per heavy atom. The van der Waals surface area contributed by atoms with Crippen LogP contribution >= 0.6 is 15.9 Å². The van der Waals surface area contributed by atoms with Crippen LogP contribution in [0.15, 0.2) is 16.7 Å². The first-order chi connectivity index (χ1) is 8.25. The van der Waals surface area contributed by atoms with Crippen LogP contribution in [0, 0.1) is 5.41 Å². The fourth-order valence-corrected chi connectivity index (χ4v) is 3.31. The van der Waals surface area contributed by atoms with Crippen molar-refractivity contribution in [1.82, 2.24) is 4.98 Å². The smallest absolute Gasteiger partial charge is 0.171 e. The SMILES string of the molecule is COc1ccc(C(O[SiH](C)C)C(C)(C)C)nc1Br. The van der Waals surface area contributed by atoms with Crippen molar-refractivity contribution in [2.24, 2.45) is 5.41 Å². The molecular weight excluding hydrogens is 310 g/mol. The molecule has 0 aromatic carbocycles. The zero-order chi connectivity index (χ0) is 13.9. The molecule has 0 spiro atoms. The van der Waals surface area contributed by atoms with E-state index in [2.05, 4.69) is 54.8 Å². The monoisotopic (exact) mass is 331 g/mol. The van der Waals surface area contributed by atoms with E-state index in [1.165, 1.54) is 0 Å². The maximum Gasteiger partial charge on any atom is 0.171 e. The Kier molecular flexibility index (Phi) is 5.37. The van der Waals surface area contributed by atoms with Crippen LogP contribution in [0.3, 0.4) is 0 Å². The molecule has 1 rings (SSSR count). The number of methoxy groups -OCH3 is 1. The number of hydrogen-bond acceptors (Lipinski definition) is 3. The molecule has 0 saturated heterocycles. The average molecular weight is 332 g/mol. The predicted molar refractivity (Wildman–Crippen MR) is 80.6 cm³/mol. The standard InChI is InChI=1S/C13H22BrNO2Si/c1-13(2,3)11(17-18(5)6)9-7-8-10(16-4)12(14)15-9/h7-8,11,18H,1-6H3. The molecule has 5 heteroatoms. The summed E-state index contributed by atoms with van der Waals surface area (Å²) in [5.74, 6) is 0.744. The largest absolute Gasteiger partial charge is 0.494 e. The quantitative estimate of drug-likeness (QED) is 0.618. The van der Waals surface area contributed by atoms with Crippen molar-refractivity contribution in [2.75, 3.05) is 7.11 Å². The Morgan fingerprint density at radius 2 is 1.89 bits per heavy atom. The third kappa shape index (κ3) is 4.07. The molecule has 102 valence electrons. The number of pyridine rings is 1. The first-order valence-electron chi connectivity index (χ1n) is 6.11. The molecule has 0 saturated carbocycles. The fourth-order valence-electron chi connectivity index (χ4n) is 1.72. The molecule has 0 fully saturated rings. The predicted octanol–water partition coefficient (Wildman–Crippen LogP) is 3.94. The van der Waals surface area contributed by atoms with Gasteiger partial charge in [0.2, 0.25) is 0 Å². The molecule has 0 aliphatic carbocycles. The van der Waals surface area contributed by atoms with Crippen molar-refractivity contribution < 1.29 is 9.16 Å². The molecule has 0 radical (unpaired) electrons. The Hall–Kier alpha value is -0.393. The lowest BCUT2D eigenvalue weighted by Crippen LogP contribution is -2.26. The van der Waals surface area contributed by atoms with Crippen LogP contribution in [-0.2, 0) is 4.43 Å². The summed E-state index contributed by atoms with van der Waals surface area (Å²) in [7, 11) is 0.519. The molecule has 1 unspecified atom stereocenters. The average Bonchev–Trinajstić information content (AvgIpc) is 2.24. The van der Waals surface area contributed by atoms with Gasteiger partial charge in [-0.25, -0.2) is 4.98 Å². The van der Waals surface area contributed by atoms with Gasteiger partial charge in [-0.05, 0) is 46.6 Å². The minimum absolute atomic E-state index is 0.0198. The zero-order valence-corrected chi connectivity index (χ0v) is 14.7. The molecule has 0 amide bonds. The highest BCUT2D eigenvalue weighted by molar-refractivity contribution is 9.10. The number of rotatable bonds is 4. The first kappa shape index (κ1) is 15.7. The van der Waals surface area contributed by atoms with E-state index in [9.17, 15) is 0 Å². The van der Waals surface area contributed by atoms with Gasteiger partial charge in [0.05, 0.1) is 18.9 Å². The number of ether oxygens (including phenoxy) is 1. The first-order valence-corrected chi connectivity index (χ1v) is 9.69. The van der Waals surface area contributed by atoms with Crippen LogP contribution in [0.2, 0.25) is 13.1 Å². The van der Waals surface area contributed by atoms with E-state index in [0.29, 0.717) is 0 Å². The number of aromatic nitrogens is 1. The lowest BCUT2D eigenvalue weighted by Gasteiger charge is -2.32. The van der Waals surface area contributed by atoms with E-state index in [1.54, 1.807) is 7.11 Å². The van der Waals surface area contributed by atoms with Crippen LogP contribution in [0.1, 0.15) is 32.6 Å². The van der Waals surface area contributed by atoms with Gasteiger partial charge in [0.25, 0.3) is 0 Å². The highest BCUT2D eigenvalue weighted by Gasteiger charge is 2.29. The molecule has 0 aliphatic rings. The van der Waals surface area contributed by atoms with Gasteiger partial charge in [0, 0.05) is 0 Å². The molecule has 0 aliphatic heterocycles. The molecule has 18 heavy (non-hydrogen) atoms. The normalized spacial score (nSPS) is 13.8. The molecule has 1 atom stereocenters. The van der Waals surface area contributed by atoms with Crippen LogP contribution in [0.5, 0.6) is 5.75 Å². The second-order valence-corrected chi connectivity index (χ2v) is 8.78. The molecule has 1 heterocycles. The van der Waals surface area contributed by atoms with E-state index in [-0.39, 0.29) is 11.5 Å². The van der Waals surface area contributed by atoms with Gasteiger partial charge >= 0.3 is 0 Å². The molecule has 0 bridgehead atoms. The Labute approximate surface area is 120 Å². The van der Waals surface area contributed by atoms with Gasteiger partial charge in [-0.15, -0.1) is 0 Å². The van der Waals surface area contributed by atoms with Gasteiger partial charge in [-0.1, -0.05) is 20.8 Å². The maximum atomic E-state index is 6.14. The van der Waals surface area contributed by atoms with Crippen molar-refractivity contribution in [3.8, 4) is 5.75 Å². The highest BCUT2D eigenvalue weighted by atomic mass is 79.9. The summed E-state index contributed by atoms with van der Waals surface area (Å²) in [6, 6.07) is 3.91. The summed E-state index contributed by atoms with van der Waals surface area (Å²) in [5, 5.41) is 0. The summed E-state index contributed by atoms with van der Waals surface area (Å²) < 4.78 is 12.1. The van der Waals surface area contributed by atoms with Gasteiger partial charge < -0.3 is 9.16 Å². The Balaban J connectivity index is 3.10. The van der Waals surface area contributed by atoms with E-state index < -0.39 is 9.04 Å². The van der Waals surface area contributed by atoms with Crippen molar-refractivity contribution in [3.63, 3.8) is 0 Å². The minimum atomic E-state index is -1.12. The van der Waals surface area contributed by atoms with Crippen LogP contribution in [-0.4, -0.2) is 21.1 Å². The van der Waals surface area contributed by atoms with Gasteiger partial charge in [0.15, 0.2) is 14.8 Å². The molecule has 1 aromatic rings.